The Morgan fingerprint density at radius 3 is 2.72 bits per heavy atom. The van der Waals surface area contributed by atoms with Gasteiger partial charge in [-0.05, 0) is 38.1 Å². The summed E-state index contributed by atoms with van der Waals surface area (Å²) >= 11 is 0. The second kappa shape index (κ2) is 9.03. The highest BCUT2D eigenvalue weighted by Crippen LogP contribution is 2.29. The van der Waals surface area contributed by atoms with Crippen LogP contribution in [0.4, 0.5) is 0 Å². The third-order valence-corrected chi connectivity index (χ3v) is 3.93. The average molecular weight is 343 g/mol. The summed E-state index contributed by atoms with van der Waals surface area (Å²) in [5, 5.41) is 0. The number of benzene rings is 1. The number of nitrogens with zero attached hydrogens (tertiary/aromatic N) is 2. The van der Waals surface area contributed by atoms with Crippen molar-refractivity contribution in [3.8, 4) is 11.5 Å². The van der Waals surface area contributed by atoms with Crippen LogP contribution < -0.4 is 15.2 Å². The first-order valence-corrected chi connectivity index (χ1v) is 8.32. The molecular formula is C19H25N3O3. The Morgan fingerprint density at radius 1 is 1.28 bits per heavy atom. The first-order chi connectivity index (χ1) is 12.1. The number of pyridine rings is 1. The molecule has 1 amide bonds. The molecule has 2 aromatic rings. The molecule has 0 saturated heterocycles. The molecule has 0 aliphatic carbocycles. The molecule has 1 heterocycles. The average Bonchev–Trinajstić information content (AvgIpc) is 2.66. The second-order valence-electron chi connectivity index (χ2n) is 5.75. The minimum Gasteiger partial charge on any atom is -0.490 e. The van der Waals surface area contributed by atoms with Crippen LogP contribution in [0, 0.1) is 0 Å². The van der Waals surface area contributed by atoms with E-state index in [4.69, 9.17) is 15.2 Å². The zero-order valence-corrected chi connectivity index (χ0v) is 14.9. The van der Waals surface area contributed by atoms with Gasteiger partial charge in [-0.1, -0.05) is 6.07 Å². The molecular weight excluding hydrogens is 318 g/mol. The number of hydrogen-bond donors (Lipinski definition) is 1. The van der Waals surface area contributed by atoms with Crippen molar-refractivity contribution in [2.24, 2.45) is 5.73 Å². The smallest absolute Gasteiger partial charge is 0.254 e. The zero-order chi connectivity index (χ0) is 18.2. The van der Waals surface area contributed by atoms with Crippen LogP contribution in [0.25, 0.3) is 0 Å². The molecule has 2 N–H and O–H groups in total. The molecule has 2 rings (SSSR count). The molecule has 1 aromatic carbocycles. The van der Waals surface area contributed by atoms with Gasteiger partial charge < -0.3 is 20.1 Å². The number of likely N-dealkylation sites (N-methyl/N-ethyl adjacent to an activating group) is 1. The van der Waals surface area contributed by atoms with Crippen LogP contribution in [0.15, 0.2) is 42.7 Å². The predicted molar refractivity (Wildman–Crippen MR) is 96.8 cm³/mol. The van der Waals surface area contributed by atoms with Crippen molar-refractivity contribution < 1.29 is 14.3 Å². The van der Waals surface area contributed by atoms with Crippen molar-refractivity contribution in [1.29, 1.82) is 0 Å². The lowest BCUT2D eigenvalue weighted by Gasteiger charge is -2.24. The number of amides is 1. The lowest BCUT2D eigenvalue weighted by Crippen LogP contribution is -2.39. The van der Waals surface area contributed by atoms with Crippen molar-refractivity contribution in [2.45, 2.75) is 26.5 Å². The number of ether oxygens (including phenoxy) is 2. The lowest BCUT2D eigenvalue weighted by atomic mass is 10.1. The van der Waals surface area contributed by atoms with Gasteiger partial charge in [0, 0.05) is 43.2 Å². The molecule has 0 saturated carbocycles. The van der Waals surface area contributed by atoms with Gasteiger partial charge in [0.1, 0.15) is 6.61 Å². The lowest BCUT2D eigenvalue weighted by molar-refractivity contribution is 0.0748. The molecule has 25 heavy (non-hydrogen) atoms. The van der Waals surface area contributed by atoms with Crippen molar-refractivity contribution >= 4 is 5.91 Å². The third-order valence-electron chi connectivity index (χ3n) is 3.93. The fraction of sp³-hybridized carbons (Fsp3) is 0.368. The van der Waals surface area contributed by atoms with Crippen LogP contribution >= 0.6 is 0 Å². The Kier molecular flexibility index (Phi) is 6.77. The fourth-order valence-corrected chi connectivity index (χ4v) is 2.24. The summed E-state index contributed by atoms with van der Waals surface area (Å²) in [5.74, 6) is 1.04. The van der Waals surface area contributed by atoms with E-state index in [0.717, 1.165) is 5.56 Å². The van der Waals surface area contributed by atoms with E-state index in [1.54, 1.807) is 42.5 Å². The van der Waals surface area contributed by atoms with Gasteiger partial charge in [-0.2, -0.15) is 0 Å². The normalized spacial score (nSPS) is 11.7. The first-order valence-electron chi connectivity index (χ1n) is 8.32. The van der Waals surface area contributed by atoms with E-state index >= 15 is 0 Å². The van der Waals surface area contributed by atoms with E-state index < -0.39 is 0 Å². The minimum absolute atomic E-state index is 0.0375. The van der Waals surface area contributed by atoms with Crippen molar-refractivity contribution in [3.63, 3.8) is 0 Å². The van der Waals surface area contributed by atoms with Crippen molar-refractivity contribution in [1.82, 2.24) is 9.88 Å². The monoisotopic (exact) mass is 343 g/mol. The van der Waals surface area contributed by atoms with E-state index in [1.807, 2.05) is 26.0 Å². The topological polar surface area (TPSA) is 77.7 Å². The van der Waals surface area contributed by atoms with Crippen LogP contribution in [-0.4, -0.2) is 42.0 Å². The van der Waals surface area contributed by atoms with Crippen molar-refractivity contribution in [2.75, 3.05) is 20.2 Å². The number of carbonyl (C=O) groups is 1. The molecule has 1 atom stereocenters. The molecule has 6 heteroatoms. The number of nitrogens with two attached hydrogens (primary N) is 1. The molecule has 0 spiro atoms. The van der Waals surface area contributed by atoms with Gasteiger partial charge in [0.25, 0.3) is 5.91 Å². The largest absolute Gasteiger partial charge is 0.490 e. The number of rotatable bonds is 8. The third kappa shape index (κ3) is 4.93. The molecule has 1 aromatic heterocycles. The Morgan fingerprint density at radius 2 is 2.08 bits per heavy atom. The Labute approximate surface area is 148 Å². The molecule has 0 aliphatic heterocycles. The van der Waals surface area contributed by atoms with Gasteiger partial charge in [-0.3, -0.25) is 9.78 Å². The SMILES string of the molecule is CCOc1cc(C(=O)N(C)C(C)CN)ccc1OCc1cccnc1. The molecule has 6 nitrogen and oxygen atoms in total. The zero-order valence-electron chi connectivity index (χ0n) is 14.9. The first kappa shape index (κ1) is 18.7. The highest BCUT2D eigenvalue weighted by atomic mass is 16.5. The minimum atomic E-state index is -0.0993. The summed E-state index contributed by atoms with van der Waals surface area (Å²) in [4.78, 5) is 18.2. The molecule has 0 aliphatic rings. The van der Waals surface area contributed by atoms with Crippen LogP contribution in [0.1, 0.15) is 29.8 Å². The van der Waals surface area contributed by atoms with Crippen LogP contribution in [0.5, 0.6) is 11.5 Å². The van der Waals surface area contributed by atoms with Crippen LogP contribution in [-0.2, 0) is 6.61 Å². The van der Waals surface area contributed by atoms with E-state index in [0.29, 0.717) is 36.8 Å². The molecule has 134 valence electrons. The maximum absolute atomic E-state index is 12.6. The van der Waals surface area contributed by atoms with Gasteiger partial charge >= 0.3 is 0 Å². The summed E-state index contributed by atoms with van der Waals surface area (Å²) < 4.78 is 11.5. The van der Waals surface area contributed by atoms with Gasteiger partial charge in [-0.15, -0.1) is 0 Å². The van der Waals surface area contributed by atoms with Gasteiger partial charge in [-0.25, -0.2) is 0 Å². The summed E-state index contributed by atoms with van der Waals surface area (Å²) in [6.07, 6.45) is 3.47. The number of hydrogen-bond acceptors (Lipinski definition) is 5. The quantitative estimate of drug-likeness (QED) is 0.797. The summed E-state index contributed by atoms with van der Waals surface area (Å²) in [7, 11) is 1.74. The van der Waals surface area contributed by atoms with Crippen LogP contribution in [0.3, 0.4) is 0 Å². The van der Waals surface area contributed by atoms with Gasteiger partial charge in [0.15, 0.2) is 11.5 Å². The number of aromatic nitrogens is 1. The van der Waals surface area contributed by atoms with Gasteiger partial charge in [0.05, 0.1) is 6.61 Å². The second-order valence-corrected chi connectivity index (χ2v) is 5.75. The molecule has 0 fully saturated rings. The van der Waals surface area contributed by atoms with E-state index in [2.05, 4.69) is 4.98 Å². The Hall–Kier alpha value is -2.60. The van der Waals surface area contributed by atoms with Crippen molar-refractivity contribution in [3.05, 3.63) is 53.9 Å². The van der Waals surface area contributed by atoms with Gasteiger partial charge in [0.2, 0.25) is 0 Å². The Bertz CT molecular complexity index is 692. The maximum Gasteiger partial charge on any atom is 0.254 e. The Balaban J connectivity index is 2.17. The molecule has 0 bridgehead atoms. The maximum atomic E-state index is 12.6. The highest BCUT2D eigenvalue weighted by Gasteiger charge is 2.18. The molecule has 0 radical (unpaired) electrons. The van der Waals surface area contributed by atoms with E-state index in [-0.39, 0.29) is 11.9 Å². The fourth-order valence-electron chi connectivity index (χ4n) is 2.24. The van der Waals surface area contributed by atoms with Crippen LogP contribution in [0.2, 0.25) is 0 Å². The summed E-state index contributed by atoms with van der Waals surface area (Å²) in [6.45, 7) is 5.07. The van der Waals surface area contributed by atoms with E-state index in [1.165, 1.54) is 0 Å². The number of carbonyl (C=O) groups excluding carboxylic acids is 1. The summed E-state index contributed by atoms with van der Waals surface area (Å²) in [6, 6.07) is 8.97. The standard InChI is InChI=1S/C19H25N3O3/c1-4-24-18-10-16(19(23)22(3)14(2)11-20)7-8-17(18)25-13-15-6-5-9-21-12-15/h5-10,12,14H,4,11,13,20H2,1-3H3. The van der Waals surface area contributed by atoms with E-state index in [9.17, 15) is 4.79 Å². The summed E-state index contributed by atoms with van der Waals surface area (Å²) in [5.41, 5.74) is 7.14. The highest BCUT2D eigenvalue weighted by molar-refractivity contribution is 5.95. The molecule has 1 unspecified atom stereocenters. The predicted octanol–water partition coefficient (Wildman–Crippen LogP) is 2.48.